The molecule has 0 radical (unpaired) electrons. The smallest absolute Gasteiger partial charge is 0.253 e. The quantitative estimate of drug-likeness (QED) is 0.0577. The van der Waals surface area contributed by atoms with Crippen molar-refractivity contribution < 1.29 is 52.3 Å². The van der Waals surface area contributed by atoms with Crippen LogP contribution in [0.3, 0.4) is 0 Å². The standard InChI is InChI=1S/C46H69N9O11/c1-3-4-5-13-49-45-44-38(50-46(47)51-45)10-15-54(44)35-37-7-6-36(33-39(37)60-2)34-52-17-19-53(20-18-52)41(57)12-21-61-23-25-63-27-29-65-31-32-66-30-28-64-26-24-62-22-14-48-40(56)11-16-55-42(58)8-9-43(55)59/h6-10,15,33H,3-5,11-14,16-32,34-35H2,1-2H3,(H,48,56)(H3,47,49,50,51). The number of ether oxygens (including phenoxy) is 7. The van der Waals surface area contributed by atoms with Gasteiger partial charge in [0.2, 0.25) is 17.8 Å². The van der Waals surface area contributed by atoms with Crippen LogP contribution in [0.1, 0.15) is 50.2 Å². The summed E-state index contributed by atoms with van der Waals surface area (Å²) in [6, 6.07) is 8.34. The number of nitrogen functional groups attached to an aromatic ring is 1. The first-order chi connectivity index (χ1) is 32.2. The maximum Gasteiger partial charge on any atom is 0.253 e. The number of hydrogen-bond donors (Lipinski definition) is 3. The second kappa shape index (κ2) is 29.4. The highest BCUT2D eigenvalue weighted by Crippen LogP contribution is 2.28. The number of piperazine rings is 1. The van der Waals surface area contributed by atoms with Crippen molar-refractivity contribution in [2.24, 2.45) is 0 Å². The topological polar surface area (TPSA) is 223 Å². The van der Waals surface area contributed by atoms with Gasteiger partial charge in [-0.2, -0.15) is 4.98 Å². The molecule has 0 aliphatic carbocycles. The van der Waals surface area contributed by atoms with Crippen LogP contribution in [0.4, 0.5) is 11.8 Å². The monoisotopic (exact) mass is 924 g/mol. The second-order valence-electron chi connectivity index (χ2n) is 15.7. The number of anilines is 2. The number of carbonyl (C=O) groups is 4. The van der Waals surface area contributed by atoms with Crippen molar-refractivity contribution in [2.75, 3.05) is 143 Å². The third-order valence-corrected chi connectivity index (χ3v) is 10.9. The largest absolute Gasteiger partial charge is 0.496 e. The summed E-state index contributed by atoms with van der Waals surface area (Å²) in [5.41, 5.74) is 9.95. The van der Waals surface area contributed by atoms with E-state index < -0.39 is 11.8 Å². The van der Waals surface area contributed by atoms with E-state index >= 15 is 0 Å². The number of fused-ring (bicyclic) bond motifs is 1. The molecular weight excluding hydrogens is 855 g/mol. The maximum absolute atomic E-state index is 12.9. The zero-order chi connectivity index (χ0) is 46.8. The average molecular weight is 924 g/mol. The average Bonchev–Trinajstić information content (AvgIpc) is 3.87. The predicted octanol–water partition coefficient (Wildman–Crippen LogP) is 2.24. The minimum Gasteiger partial charge on any atom is -0.496 e. The number of hydrogen-bond acceptors (Lipinski definition) is 16. The third kappa shape index (κ3) is 17.9. The fraction of sp³-hybridized carbons (Fsp3) is 0.609. The van der Waals surface area contributed by atoms with Crippen LogP contribution in [0.5, 0.6) is 5.75 Å². The van der Waals surface area contributed by atoms with Gasteiger partial charge in [0, 0.05) is 82.7 Å². The summed E-state index contributed by atoms with van der Waals surface area (Å²) in [5.74, 6) is 0.861. The van der Waals surface area contributed by atoms with Crippen LogP contribution < -0.4 is 21.1 Å². The number of nitrogens with zero attached hydrogens (tertiary/aromatic N) is 6. The molecule has 66 heavy (non-hydrogen) atoms. The Morgan fingerprint density at radius 3 is 1.97 bits per heavy atom. The molecule has 20 nitrogen and oxygen atoms in total. The van der Waals surface area contributed by atoms with Crippen molar-refractivity contribution in [3.8, 4) is 5.75 Å². The van der Waals surface area contributed by atoms with Gasteiger partial charge in [-0.3, -0.25) is 29.0 Å². The summed E-state index contributed by atoms with van der Waals surface area (Å²) in [7, 11) is 1.70. The molecule has 1 aromatic carbocycles. The molecule has 364 valence electrons. The van der Waals surface area contributed by atoms with Crippen molar-refractivity contribution >= 4 is 46.4 Å². The van der Waals surface area contributed by atoms with E-state index in [1.54, 1.807) is 7.11 Å². The molecule has 0 saturated carbocycles. The Kier molecular flexibility index (Phi) is 23.1. The molecule has 4 N–H and O–H groups in total. The fourth-order valence-electron chi connectivity index (χ4n) is 7.31. The molecule has 1 saturated heterocycles. The van der Waals surface area contributed by atoms with Crippen LogP contribution in [-0.4, -0.2) is 185 Å². The Hall–Kier alpha value is -5.22. The predicted molar refractivity (Wildman–Crippen MR) is 247 cm³/mol. The number of rotatable bonds is 34. The first kappa shape index (κ1) is 51.8. The van der Waals surface area contributed by atoms with E-state index in [2.05, 4.69) is 55.2 Å². The highest BCUT2D eigenvalue weighted by atomic mass is 16.6. The van der Waals surface area contributed by atoms with Crippen LogP contribution in [0.15, 0.2) is 42.6 Å². The lowest BCUT2D eigenvalue weighted by molar-refractivity contribution is -0.137. The molecule has 20 heteroatoms. The molecule has 0 unspecified atom stereocenters. The zero-order valence-electron chi connectivity index (χ0n) is 38.7. The molecule has 4 amide bonds. The lowest BCUT2D eigenvalue weighted by Crippen LogP contribution is -2.48. The lowest BCUT2D eigenvalue weighted by Gasteiger charge is -2.35. The van der Waals surface area contributed by atoms with Crippen LogP contribution in [0, 0.1) is 0 Å². The van der Waals surface area contributed by atoms with Crippen LogP contribution >= 0.6 is 0 Å². The molecule has 0 spiro atoms. The first-order valence-corrected chi connectivity index (χ1v) is 23.0. The summed E-state index contributed by atoms with van der Waals surface area (Å²) < 4.78 is 41.1. The van der Waals surface area contributed by atoms with Crippen molar-refractivity contribution in [3.63, 3.8) is 0 Å². The van der Waals surface area contributed by atoms with Crippen LogP contribution in [0.2, 0.25) is 0 Å². The van der Waals surface area contributed by atoms with E-state index in [0.29, 0.717) is 112 Å². The molecular formula is C46H69N9O11. The summed E-state index contributed by atoms with van der Waals surface area (Å²) in [5, 5.41) is 6.15. The minimum atomic E-state index is -0.401. The van der Waals surface area contributed by atoms with E-state index in [1.807, 2.05) is 17.2 Å². The Morgan fingerprint density at radius 1 is 0.727 bits per heavy atom. The van der Waals surface area contributed by atoms with Gasteiger partial charge in [-0.1, -0.05) is 31.9 Å². The zero-order valence-corrected chi connectivity index (χ0v) is 38.7. The number of benzene rings is 1. The normalized spacial score (nSPS) is 14.2. The first-order valence-electron chi connectivity index (χ1n) is 23.0. The summed E-state index contributed by atoms with van der Waals surface area (Å²) >= 11 is 0. The van der Waals surface area contributed by atoms with Gasteiger partial charge < -0.3 is 59.0 Å². The number of nitrogens with one attached hydrogen (secondary N) is 2. The van der Waals surface area contributed by atoms with Crippen LogP contribution in [-0.2, 0) is 60.7 Å². The van der Waals surface area contributed by atoms with Crippen molar-refractivity contribution in [2.45, 2.75) is 52.1 Å². The van der Waals surface area contributed by atoms with Gasteiger partial charge >= 0.3 is 0 Å². The van der Waals surface area contributed by atoms with Gasteiger partial charge in [0.15, 0.2) is 5.82 Å². The van der Waals surface area contributed by atoms with E-state index in [4.69, 9.17) is 38.9 Å². The van der Waals surface area contributed by atoms with Gasteiger partial charge in [0.05, 0.1) is 105 Å². The number of imide groups is 1. The summed E-state index contributed by atoms with van der Waals surface area (Å²) in [4.78, 5) is 62.0. The Balaban J connectivity index is 0.812. The van der Waals surface area contributed by atoms with Gasteiger partial charge in [0.1, 0.15) is 11.3 Å². The number of amides is 4. The van der Waals surface area contributed by atoms with Crippen molar-refractivity contribution in [1.82, 2.24) is 34.6 Å². The number of nitrogens with two attached hydrogens (primary N) is 1. The maximum atomic E-state index is 12.9. The molecule has 4 heterocycles. The van der Waals surface area contributed by atoms with E-state index in [9.17, 15) is 19.2 Å². The lowest BCUT2D eigenvalue weighted by atomic mass is 10.1. The molecule has 2 aliphatic heterocycles. The van der Waals surface area contributed by atoms with Crippen LogP contribution in [0.25, 0.3) is 11.0 Å². The van der Waals surface area contributed by atoms with Gasteiger partial charge in [-0.25, -0.2) is 4.98 Å². The number of unbranched alkanes of at least 4 members (excludes halogenated alkanes) is 2. The third-order valence-electron chi connectivity index (χ3n) is 10.9. The number of methoxy groups -OCH3 is 1. The van der Waals surface area contributed by atoms with Gasteiger partial charge in [0.25, 0.3) is 11.8 Å². The Labute approximate surface area is 387 Å². The Morgan fingerprint density at radius 2 is 1.35 bits per heavy atom. The molecule has 1 fully saturated rings. The summed E-state index contributed by atoms with van der Waals surface area (Å²) in [6.45, 7) is 12.6. The molecule has 5 rings (SSSR count). The van der Waals surface area contributed by atoms with Gasteiger partial charge in [-0.15, -0.1) is 0 Å². The van der Waals surface area contributed by atoms with Crippen molar-refractivity contribution in [1.29, 1.82) is 0 Å². The molecule has 0 bridgehead atoms. The number of aromatic nitrogens is 3. The second-order valence-corrected chi connectivity index (χ2v) is 15.7. The highest BCUT2D eigenvalue weighted by molar-refractivity contribution is 6.13. The SMILES string of the molecule is CCCCCNc1nc(N)nc2ccn(Cc3ccc(CN4CCN(C(=O)CCOCCOCCOCCOCCOCCOCCNC(=O)CCN5C(=O)C=CC5=O)CC4)cc3OC)c12. The molecule has 3 aromatic rings. The van der Waals surface area contributed by atoms with Crippen molar-refractivity contribution in [3.05, 3.63) is 53.7 Å². The van der Waals surface area contributed by atoms with E-state index in [0.717, 1.165) is 84.1 Å². The minimum absolute atomic E-state index is 0.0449. The molecule has 2 aliphatic rings. The molecule has 0 atom stereocenters. The summed E-state index contributed by atoms with van der Waals surface area (Å²) in [6.07, 6.45) is 8.14. The van der Waals surface area contributed by atoms with E-state index in [-0.39, 0.29) is 30.7 Å². The van der Waals surface area contributed by atoms with E-state index in [1.165, 1.54) is 12.2 Å². The Bertz CT molecular complexity index is 1970. The highest BCUT2D eigenvalue weighted by Gasteiger charge is 2.24. The van der Waals surface area contributed by atoms with Gasteiger partial charge in [-0.05, 0) is 24.1 Å². The fourth-order valence-corrected chi connectivity index (χ4v) is 7.31. The molecule has 2 aromatic heterocycles. The number of carbonyl (C=O) groups excluding carboxylic acids is 4.